The Morgan fingerprint density at radius 3 is 1.56 bits per heavy atom. The van der Waals surface area contributed by atoms with Gasteiger partial charge in [-0.3, -0.25) is 0 Å². The van der Waals surface area contributed by atoms with Crippen molar-refractivity contribution in [3.63, 3.8) is 0 Å². The van der Waals surface area contributed by atoms with Gasteiger partial charge in [-0.1, -0.05) is 250 Å². The summed E-state index contributed by atoms with van der Waals surface area (Å²) in [6.45, 7) is 4.71. The van der Waals surface area contributed by atoms with E-state index in [1.807, 2.05) is 0 Å². The van der Waals surface area contributed by atoms with Crippen LogP contribution in [-0.4, -0.2) is 0 Å². The van der Waals surface area contributed by atoms with E-state index in [9.17, 15) is 0 Å². The molecule has 13 aromatic carbocycles. The average molecular weight is 956 g/mol. The lowest BCUT2D eigenvalue weighted by Gasteiger charge is -2.29. The van der Waals surface area contributed by atoms with Crippen molar-refractivity contribution in [2.24, 2.45) is 0 Å². The van der Waals surface area contributed by atoms with E-state index in [0.29, 0.717) is 0 Å². The molecule has 1 aliphatic carbocycles. The number of benzene rings is 13. The van der Waals surface area contributed by atoms with E-state index < -0.39 is 0 Å². The Bertz CT molecular complexity index is 4320. The third kappa shape index (κ3) is 7.54. The number of hydrogen-bond acceptors (Lipinski definition) is 1. The summed E-state index contributed by atoms with van der Waals surface area (Å²) < 4.78 is 0. The summed E-state index contributed by atoms with van der Waals surface area (Å²) in [5, 5.41) is 10.1. The van der Waals surface area contributed by atoms with Crippen molar-refractivity contribution >= 4 is 60.2 Å². The van der Waals surface area contributed by atoms with Gasteiger partial charge >= 0.3 is 0 Å². The summed E-state index contributed by atoms with van der Waals surface area (Å²) in [6, 6.07) is 101. The molecule has 0 fully saturated rings. The molecule has 354 valence electrons. The van der Waals surface area contributed by atoms with Crippen LogP contribution in [0.1, 0.15) is 36.1 Å². The summed E-state index contributed by atoms with van der Waals surface area (Å²) in [7, 11) is 0. The second-order valence-electron chi connectivity index (χ2n) is 20.8. The maximum Gasteiger partial charge on any atom is 0.0540 e. The molecule has 0 saturated carbocycles. The van der Waals surface area contributed by atoms with Crippen LogP contribution in [0.2, 0.25) is 0 Å². The zero-order valence-corrected chi connectivity index (χ0v) is 42.1. The van der Waals surface area contributed by atoms with E-state index in [4.69, 9.17) is 0 Å². The van der Waals surface area contributed by atoms with Crippen molar-refractivity contribution < 1.29 is 0 Å². The Morgan fingerprint density at radius 1 is 0.293 bits per heavy atom. The molecule has 0 saturated heterocycles. The molecule has 75 heavy (non-hydrogen) atoms. The van der Waals surface area contributed by atoms with Crippen molar-refractivity contribution in [1.29, 1.82) is 0 Å². The van der Waals surface area contributed by atoms with Crippen LogP contribution >= 0.6 is 0 Å². The summed E-state index contributed by atoms with van der Waals surface area (Å²) in [5.74, 6) is 0. The first kappa shape index (κ1) is 44.4. The van der Waals surface area contributed by atoms with Crippen LogP contribution in [0, 0.1) is 0 Å². The predicted octanol–water partition coefficient (Wildman–Crippen LogP) is 20.3. The summed E-state index contributed by atoms with van der Waals surface area (Å²) >= 11 is 0. The molecule has 0 aromatic heterocycles. The van der Waals surface area contributed by atoms with Gasteiger partial charge in [0, 0.05) is 22.2 Å². The lowest BCUT2D eigenvalue weighted by molar-refractivity contribution is 0.660. The van der Waals surface area contributed by atoms with Crippen molar-refractivity contribution in [2.45, 2.75) is 25.7 Å². The molecule has 0 heterocycles. The van der Waals surface area contributed by atoms with Crippen LogP contribution in [0.25, 0.3) is 98.7 Å². The molecule has 0 atom stereocenters. The van der Waals surface area contributed by atoms with Crippen molar-refractivity contribution in [3.05, 3.63) is 295 Å². The molecule has 1 heteroatoms. The third-order valence-corrected chi connectivity index (χ3v) is 16.1. The molecule has 0 N–H and O–H groups in total. The number of rotatable bonds is 9. The van der Waals surface area contributed by atoms with Crippen LogP contribution in [-0.2, 0) is 11.8 Å². The second-order valence-corrected chi connectivity index (χ2v) is 20.8. The number of fused-ring (bicyclic) bond motifs is 8. The van der Waals surface area contributed by atoms with E-state index >= 15 is 0 Å². The Kier molecular flexibility index (Phi) is 10.7. The molecule has 1 nitrogen and oxygen atoms in total. The monoisotopic (exact) mass is 955 g/mol. The Balaban J connectivity index is 0.904. The normalized spacial score (nSPS) is 12.6. The molecule has 0 unspecified atom stereocenters. The molecule has 14 rings (SSSR count). The summed E-state index contributed by atoms with van der Waals surface area (Å²) in [6.07, 6.45) is 0.799. The number of nitrogens with zero attached hydrogens (tertiary/aromatic N) is 1. The maximum atomic E-state index is 2.47. The van der Waals surface area contributed by atoms with Gasteiger partial charge in [-0.15, -0.1) is 0 Å². The standard InChI is InChI=1S/C74H53N/c1-74(2)70-32-17-16-29-66(70)68-48-58(39-43-71(68)74)75(57-37-33-51(34-38-57)49-19-6-3-7-20-49)72-44-42-65(63-28-14-15-30-67(63)72)64-41-36-54(59-26-12-13-27-62(59)64)45-56-46-55-25-18-31-61(52-23-10-5-11-24-52)73(55)69-47-53(35-40-60(56)69)50-21-8-4-9-22-50/h3-44,46-48H,45H2,1-2H3. The van der Waals surface area contributed by atoms with Gasteiger partial charge in [0.2, 0.25) is 0 Å². The Hall–Kier alpha value is -9.30. The minimum Gasteiger partial charge on any atom is -0.310 e. The molecule has 0 bridgehead atoms. The van der Waals surface area contributed by atoms with Gasteiger partial charge in [0.05, 0.1) is 5.69 Å². The predicted molar refractivity (Wildman–Crippen MR) is 320 cm³/mol. The molecule has 0 amide bonds. The zero-order valence-electron chi connectivity index (χ0n) is 42.1. The van der Waals surface area contributed by atoms with Crippen LogP contribution in [0.3, 0.4) is 0 Å². The van der Waals surface area contributed by atoms with Gasteiger partial charge in [-0.05, 0) is 158 Å². The molecule has 13 aromatic rings. The van der Waals surface area contributed by atoms with Gasteiger partial charge in [0.1, 0.15) is 0 Å². The first-order valence-electron chi connectivity index (χ1n) is 26.3. The van der Waals surface area contributed by atoms with Gasteiger partial charge in [0.25, 0.3) is 0 Å². The third-order valence-electron chi connectivity index (χ3n) is 16.1. The van der Waals surface area contributed by atoms with E-state index in [1.165, 1.54) is 121 Å². The highest BCUT2D eigenvalue weighted by Gasteiger charge is 2.35. The fraction of sp³-hybridized carbons (Fsp3) is 0.0541. The van der Waals surface area contributed by atoms with E-state index in [-0.39, 0.29) is 5.41 Å². The van der Waals surface area contributed by atoms with Crippen LogP contribution in [0.4, 0.5) is 17.1 Å². The van der Waals surface area contributed by atoms with Crippen LogP contribution < -0.4 is 4.90 Å². The minimum absolute atomic E-state index is 0.0816. The molecular formula is C74H53N. The summed E-state index contributed by atoms with van der Waals surface area (Å²) in [4.78, 5) is 2.47. The quantitative estimate of drug-likeness (QED) is 0.130. The van der Waals surface area contributed by atoms with Gasteiger partial charge in [-0.25, -0.2) is 0 Å². The number of hydrogen-bond donors (Lipinski definition) is 0. The molecule has 1 aliphatic rings. The molecule has 0 radical (unpaired) electrons. The minimum atomic E-state index is -0.0816. The fourth-order valence-electron chi connectivity index (χ4n) is 12.5. The lowest BCUT2D eigenvalue weighted by atomic mass is 9.82. The van der Waals surface area contributed by atoms with E-state index in [1.54, 1.807) is 0 Å². The Labute approximate surface area is 439 Å². The van der Waals surface area contributed by atoms with Crippen molar-refractivity contribution in [2.75, 3.05) is 4.90 Å². The van der Waals surface area contributed by atoms with Crippen molar-refractivity contribution in [3.8, 4) is 55.6 Å². The van der Waals surface area contributed by atoms with E-state index in [2.05, 4.69) is 292 Å². The smallest absolute Gasteiger partial charge is 0.0540 e. The molecule has 0 spiro atoms. The number of anilines is 3. The Morgan fingerprint density at radius 2 is 0.827 bits per heavy atom. The average Bonchev–Trinajstić information content (AvgIpc) is 3.72. The first-order chi connectivity index (χ1) is 37.0. The highest BCUT2D eigenvalue weighted by Crippen LogP contribution is 2.52. The van der Waals surface area contributed by atoms with Crippen LogP contribution in [0.5, 0.6) is 0 Å². The zero-order chi connectivity index (χ0) is 50.0. The van der Waals surface area contributed by atoms with Crippen molar-refractivity contribution in [1.82, 2.24) is 0 Å². The maximum absolute atomic E-state index is 2.47. The summed E-state index contributed by atoms with van der Waals surface area (Å²) in [5.41, 5.74) is 21.1. The van der Waals surface area contributed by atoms with E-state index in [0.717, 1.165) is 23.5 Å². The van der Waals surface area contributed by atoms with Gasteiger partial charge < -0.3 is 4.90 Å². The second kappa shape index (κ2) is 18.0. The molecular weight excluding hydrogens is 903 g/mol. The van der Waals surface area contributed by atoms with Gasteiger partial charge in [-0.2, -0.15) is 0 Å². The SMILES string of the molecule is CC1(C)c2ccccc2-c2cc(N(c3ccc(-c4ccccc4)cc3)c3ccc(-c4ccc(Cc5cc6cccc(-c7ccccc7)c6c6cc(-c7ccccc7)ccc56)c5ccccc45)c4ccccc34)ccc21. The first-order valence-corrected chi connectivity index (χ1v) is 26.3. The van der Waals surface area contributed by atoms with Gasteiger partial charge in [0.15, 0.2) is 0 Å². The lowest BCUT2D eigenvalue weighted by Crippen LogP contribution is -2.15. The largest absolute Gasteiger partial charge is 0.310 e. The highest BCUT2D eigenvalue weighted by molar-refractivity contribution is 6.17. The highest BCUT2D eigenvalue weighted by atomic mass is 15.1. The molecule has 0 aliphatic heterocycles. The van der Waals surface area contributed by atoms with Crippen LogP contribution in [0.15, 0.2) is 273 Å². The topological polar surface area (TPSA) is 3.24 Å². The fourth-order valence-corrected chi connectivity index (χ4v) is 12.5.